The highest BCUT2D eigenvalue weighted by Crippen LogP contribution is 2.17. The zero-order valence-electron chi connectivity index (χ0n) is 12.4. The molecule has 5 heteroatoms. The Kier molecular flexibility index (Phi) is 4.38. The van der Waals surface area contributed by atoms with Gasteiger partial charge in [0.15, 0.2) is 4.96 Å². The number of rotatable bonds is 5. The predicted molar refractivity (Wildman–Crippen MR) is 84.2 cm³/mol. The van der Waals surface area contributed by atoms with Crippen LogP contribution >= 0.6 is 11.3 Å². The van der Waals surface area contributed by atoms with Crippen LogP contribution in [0.25, 0.3) is 4.96 Å². The second-order valence-corrected chi connectivity index (χ2v) is 6.93. The van der Waals surface area contributed by atoms with E-state index in [2.05, 4.69) is 46.2 Å². The smallest absolute Gasteiger partial charge is 0.193 e. The lowest BCUT2D eigenvalue weighted by Gasteiger charge is -2.32. The molecule has 0 amide bonds. The quantitative estimate of drug-likeness (QED) is 0.919. The first-order chi connectivity index (χ1) is 9.72. The Morgan fingerprint density at radius 2 is 2.45 bits per heavy atom. The van der Waals surface area contributed by atoms with Crippen molar-refractivity contribution >= 4 is 16.3 Å². The van der Waals surface area contributed by atoms with E-state index in [0.29, 0.717) is 6.04 Å². The van der Waals surface area contributed by atoms with E-state index in [1.807, 2.05) is 0 Å². The van der Waals surface area contributed by atoms with Crippen molar-refractivity contribution in [3.63, 3.8) is 0 Å². The maximum atomic E-state index is 4.71. The monoisotopic (exact) mass is 292 g/mol. The number of nitrogens with zero attached hydrogens (tertiary/aromatic N) is 3. The molecule has 1 atom stereocenters. The topological polar surface area (TPSA) is 32.6 Å². The van der Waals surface area contributed by atoms with Gasteiger partial charge in [0.25, 0.3) is 0 Å². The predicted octanol–water partition coefficient (Wildman–Crippen LogP) is 2.61. The molecule has 3 rings (SSSR count). The van der Waals surface area contributed by atoms with Crippen LogP contribution in [0.2, 0.25) is 0 Å². The first-order valence-corrected chi connectivity index (χ1v) is 8.46. The summed E-state index contributed by atoms with van der Waals surface area (Å²) in [6.07, 6.45) is 6.92. The van der Waals surface area contributed by atoms with Crippen LogP contribution in [0.1, 0.15) is 32.4 Å². The number of aromatic nitrogens is 2. The number of nitrogens with one attached hydrogen (secondary N) is 1. The Morgan fingerprint density at radius 1 is 1.55 bits per heavy atom. The second-order valence-electron chi connectivity index (χ2n) is 6.06. The van der Waals surface area contributed by atoms with Gasteiger partial charge < -0.3 is 5.32 Å². The van der Waals surface area contributed by atoms with E-state index in [0.717, 1.165) is 17.4 Å². The molecule has 0 spiro atoms. The Balaban J connectivity index is 1.65. The summed E-state index contributed by atoms with van der Waals surface area (Å²) in [4.78, 5) is 8.37. The Morgan fingerprint density at radius 3 is 3.15 bits per heavy atom. The van der Waals surface area contributed by atoms with Crippen LogP contribution in [0.4, 0.5) is 0 Å². The first kappa shape index (κ1) is 14.0. The molecule has 20 heavy (non-hydrogen) atoms. The van der Waals surface area contributed by atoms with Gasteiger partial charge >= 0.3 is 0 Å². The summed E-state index contributed by atoms with van der Waals surface area (Å²) in [5, 5.41) is 5.60. The number of piperidine rings is 1. The van der Waals surface area contributed by atoms with Gasteiger partial charge in [-0.15, -0.1) is 11.3 Å². The Bertz CT molecular complexity index is 510. The summed E-state index contributed by atoms with van der Waals surface area (Å²) in [6.45, 7) is 9.07. The van der Waals surface area contributed by atoms with Crippen molar-refractivity contribution in [3.8, 4) is 0 Å². The number of imidazole rings is 1. The highest BCUT2D eigenvalue weighted by atomic mass is 32.1. The van der Waals surface area contributed by atoms with Gasteiger partial charge in [-0.25, -0.2) is 4.98 Å². The molecule has 2 aromatic heterocycles. The molecule has 0 aliphatic carbocycles. The summed E-state index contributed by atoms with van der Waals surface area (Å²) < 4.78 is 2.13. The van der Waals surface area contributed by atoms with Crippen molar-refractivity contribution in [2.75, 3.05) is 19.6 Å². The van der Waals surface area contributed by atoms with Gasteiger partial charge in [-0.1, -0.05) is 0 Å². The molecular weight excluding hydrogens is 268 g/mol. The van der Waals surface area contributed by atoms with Crippen molar-refractivity contribution in [1.29, 1.82) is 0 Å². The maximum Gasteiger partial charge on any atom is 0.193 e. The highest BCUT2D eigenvalue weighted by molar-refractivity contribution is 7.15. The lowest BCUT2D eigenvalue weighted by Crippen LogP contribution is -2.40. The zero-order valence-corrected chi connectivity index (χ0v) is 13.2. The number of hydrogen-bond acceptors (Lipinski definition) is 4. The fourth-order valence-corrected chi connectivity index (χ4v) is 3.65. The van der Waals surface area contributed by atoms with Gasteiger partial charge in [0, 0.05) is 36.9 Å². The molecular formula is C15H24N4S. The van der Waals surface area contributed by atoms with E-state index in [4.69, 9.17) is 4.98 Å². The molecule has 1 aliphatic heterocycles. The summed E-state index contributed by atoms with van der Waals surface area (Å²) in [5.41, 5.74) is 1.19. The summed E-state index contributed by atoms with van der Waals surface area (Å²) in [6, 6.07) is 0.566. The van der Waals surface area contributed by atoms with Crippen LogP contribution in [0.15, 0.2) is 17.8 Å². The van der Waals surface area contributed by atoms with Crippen molar-refractivity contribution < 1.29 is 0 Å². The fraction of sp³-hybridized carbons (Fsp3) is 0.667. The molecule has 2 aromatic rings. The third-order valence-electron chi connectivity index (χ3n) is 4.13. The standard InChI is InChI=1S/C15H24N4S/c1-12(2)19(9-13-4-3-5-16-8-13)11-14-10-18-6-7-20-15(18)17-14/h6-7,10,12-13,16H,3-5,8-9,11H2,1-2H3. The van der Waals surface area contributed by atoms with E-state index < -0.39 is 0 Å². The van der Waals surface area contributed by atoms with E-state index in [9.17, 15) is 0 Å². The van der Waals surface area contributed by atoms with Gasteiger partial charge in [-0.2, -0.15) is 0 Å². The average molecular weight is 292 g/mol. The highest BCUT2D eigenvalue weighted by Gasteiger charge is 2.20. The first-order valence-electron chi connectivity index (χ1n) is 7.58. The van der Waals surface area contributed by atoms with Crippen molar-refractivity contribution in [2.45, 2.75) is 39.3 Å². The lowest BCUT2D eigenvalue weighted by atomic mass is 9.98. The lowest BCUT2D eigenvalue weighted by molar-refractivity contribution is 0.162. The molecule has 0 saturated carbocycles. The molecule has 4 nitrogen and oxygen atoms in total. The summed E-state index contributed by atoms with van der Waals surface area (Å²) in [7, 11) is 0. The molecule has 0 radical (unpaired) electrons. The van der Waals surface area contributed by atoms with Crippen LogP contribution in [0, 0.1) is 5.92 Å². The van der Waals surface area contributed by atoms with Crippen molar-refractivity contribution in [1.82, 2.24) is 19.6 Å². The van der Waals surface area contributed by atoms with Gasteiger partial charge in [-0.05, 0) is 45.7 Å². The van der Waals surface area contributed by atoms with E-state index >= 15 is 0 Å². The molecule has 1 aliphatic rings. The molecule has 1 N–H and O–H groups in total. The molecule has 1 unspecified atom stereocenters. The Labute approximate surface area is 124 Å². The van der Waals surface area contributed by atoms with Crippen LogP contribution in [-0.2, 0) is 6.54 Å². The molecule has 0 aromatic carbocycles. The minimum Gasteiger partial charge on any atom is -0.316 e. The minimum atomic E-state index is 0.566. The fourth-order valence-electron chi connectivity index (χ4n) is 2.93. The number of thiazole rings is 1. The second kappa shape index (κ2) is 6.24. The van der Waals surface area contributed by atoms with Gasteiger partial charge in [0.2, 0.25) is 0 Å². The van der Waals surface area contributed by atoms with Gasteiger partial charge in [0.05, 0.1) is 5.69 Å². The van der Waals surface area contributed by atoms with Crippen LogP contribution in [0.5, 0.6) is 0 Å². The molecule has 3 heterocycles. The van der Waals surface area contributed by atoms with Crippen molar-refractivity contribution in [3.05, 3.63) is 23.5 Å². The molecule has 0 bridgehead atoms. The SMILES string of the molecule is CC(C)N(Cc1cn2ccsc2n1)CC1CCCNC1. The van der Waals surface area contributed by atoms with Crippen LogP contribution < -0.4 is 5.32 Å². The van der Waals surface area contributed by atoms with Crippen LogP contribution in [-0.4, -0.2) is 40.0 Å². The third kappa shape index (κ3) is 3.22. The number of fused-ring (bicyclic) bond motifs is 1. The normalized spacial score (nSPS) is 20.3. The average Bonchev–Trinajstić information content (AvgIpc) is 3.00. The zero-order chi connectivity index (χ0) is 13.9. The Hall–Kier alpha value is -0.910. The minimum absolute atomic E-state index is 0.566. The van der Waals surface area contributed by atoms with E-state index in [-0.39, 0.29) is 0 Å². The number of hydrogen-bond donors (Lipinski definition) is 1. The molecule has 1 fully saturated rings. The summed E-state index contributed by atoms with van der Waals surface area (Å²) in [5.74, 6) is 0.787. The maximum absolute atomic E-state index is 4.71. The third-order valence-corrected chi connectivity index (χ3v) is 4.90. The van der Waals surface area contributed by atoms with Crippen molar-refractivity contribution in [2.24, 2.45) is 5.92 Å². The van der Waals surface area contributed by atoms with Crippen LogP contribution in [0.3, 0.4) is 0 Å². The van der Waals surface area contributed by atoms with Gasteiger partial charge in [-0.3, -0.25) is 9.30 Å². The largest absolute Gasteiger partial charge is 0.316 e. The van der Waals surface area contributed by atoms with E-state index in [1.54, 1.807) is 11.3 Å². The molecule has 110 valence electrons. The van der Waals surface area contributed by atoms with Gasteiger partial charge in [0.1, 0.15) is 0 Å². The summed E-state index contributed by atoms with van der Waals surface area (Å²) >= 11 is 1.70. The molecule has 1 saturated heterocycles. The van der Waals surface area contributed by atoms with E-state index in [1.165, 1.54) is 38.2 Å².